The van der Waals surface area contributed by atoms with Crippen LogP contribution in [0.25, 0.3) is 11.0 Å². The molecule has 1 amide bonds. The van der Waals surface area contributed by atoms with Crippen molar-refractivity contribution in [2.75, 3.05) is 18.4 Å². The second-order valence-corrected chi connectivity index (χ2v) is 10.1. The summed E-state index contributed by atoms with van der Waals surface area (Å²) in [6.45, 7) is 7.09. The zero-order valence-electron chi connectivity index (χ0n) is 17.4. The van der Waals surface area contributed by atoms with E-state index >= 15 is 0 Å². The average molecular weight is 427 g/mol. The number of nitrogens with zero attached hydrogens (tertiary/aromatic N) is 1. The monoisotopic (exact) mass is 426 g/mol. The number of hydrogen-bond acceptors (Lipinski definition) is 4. The molecule has 2 aromatic carbocycles. The molecular formula is C23H26N2O4S. The molecule has 1 N–H and O–H groups in total. The molecule has 0 atom stereocenters. The molecule has 0 bridgehead atoms. The van der Waals surface area contributed by atoms with Gasteiger partial charge < -0.3 is 9.73 Å². The summed E-state index contributed by atoms with van der Waals surface area (Å²) in [4.78, 5) is 13.0. The SMILES string of the molecule is Cc1ccc2oc(C(=O)Nc3ccc(S(=O)(=O)N4CCC(C)CC4)cc3)c(C)c2c1. The van der Waals surface area contributed by atoms with Gasteiger partial charge in [-0.3, -0.25) is 4.79 Å². The fourth-order valence-corrected chi connectivity index (χ4v) is 5.29. The van der Waals surface area contributed by atoms with Crippen molar-refractivity contribution in [3.05, 3.63) is 59.4 Å². The molecule has 1 aromatic heterocycles. The van der Waals surface area contributed by atoms with E-state index in [1.807, 2.05) is 32.0 Å². The van der Waals surface area contributed by atoms with Gasteiger partial charge >= 0.3 is 0 Å². The van der Waals surface area contributed by atoms with Crippen LogP contribution in [0.4, 0.5) is 5.69 Å². The Morgan fingerprint density at radius 1 is 1.07 bits per heavy atom. The second-order valence-electron chi connectivity index (χ2n) is 8.12. The van der Waals surface area contributed by atoms with E-state index in [0.717, 1.165) is 29.4 Å². The molecule has 0 radical (unpaired) electrons. The van der Waals surface area contributed by atoms with Crippen LogP contribution < -0.4 is 5.32 Å². The number of anilines is 1. The Labute approximate surface area is 176 Å². The van der Waals surface area contributed by atoms with Gasteiger partial charge in [-0.1, -0.05) is 18.6 Å². The lowest BCUT2D eigenvalue weighted by Gasteiger charge is -2.29. The summed E-state index contributed by atoms with van der Waals surface area (Å²) < 4.78 is 33.0. The minimum atomic E-state index is -3.51. The first-order valence-electron chi connectivity index (χ1n) is 10.2. The van der Waals surface area contributed by atoms with Crippen LogP contribution in [0.2, 0.25) is 0 Å². The van der Waals surface area contributed by atoms with Crippen molar-refractivity contribution < 1.29 is 17.6 Å². The van der Waals surface area contributed by atoms with Crippen molar-refractivity contribution >= 4 is 32.6 Å². The number of carbonyl (C=O) groups is 1. The summed E-state index contributed by atoms with van der Waals surface area (Å²) in [7, 11) is -3.51. The van der Waals surface area contributed by atoms with E-state index in [1.54, 1.807) is 16.4 Å². The zero-order valence-corrected chi connectivity index (χ0v) is 18.3. The lowest BCUT2D eigenvalue weighted by atomic mass is 10.0. The summed E-state index contributed by atoms with van der Waals surface area (Å²) in [5, 5.41) is 3.71. The molecule has 4 rings (SSSR count). The van der Waals surface area contributed by atoms with Gasteiger partial charge in [-0.15, -0.1) is 0 Å². The van der Waals surface area contributed by atoms with E-state index < -0.39 is 10.0 Å². The van der Waals surface area contributed by atoms with Crippen molar-refractivity contribution in [1.29, 1.82) is 0 Å². The molecule has 6 nitrogen and oxygen atoms in total. The highest BCUT2D eigenvalue weighted by Crippen LogP contribution is 2.28. The van der Waals surface area contributed by atoms with Crippen molar-refractivity contribution in [2.24, 2.45) is 5.92 Å². The smallest absolute Gasteiger partial charge is 0.291 e. The molecule has 0 aliphatic carbocycles. The minimum Gasteiger partial charge on any atom is -0.451 e. The normalized spacial score (nSPS) is 16.1. The molecule has 1 saturated heterocycles. The van der Waals surface area contributed by atoms with E-state index in [2.05, 4.69) is 12.2 Å². The number of benzene rings is 2. The maximum absolute atomic E-state index is 12.8. The quantitative estimate of drug-likeness (QED) is 0.654. The van der Waals surface area contributed by atoms with Crippen LogP contribution in [-0.2, 0) is 10.0 Å². The minimum absolute atomic E-state index is 0.241. The Morgan fingerprint density at radius 3 is 2.40 bits per heavy atom. The largest absolute Gasteiger partial charge is 0.451 e. The van der Waals surface area contributed by atoms with Gasteiger partial charge in [-0.05, 0) is 69.0 Å². The highest BCUT2D eigenvalue weighted by molar-refractivity contribution is 7.89. The summed E-state index contributed by atoms with van der Waals surface area (Å²) in [5.41, 5.74) is 3.06. The molecule has 1 aliphatic rings. The van der Waals surface area contributed by atoms with E-state index in [9.17, 15) is 13.2 Å². The molecule has 30 heavy (non-hydrogen) atoms. The van der Waals surface area contributed by atoms with E-state index in [-0.39, 0.29) is 16.6 Å². The molecule has 7 heteroatoms. The number of fused-ring (bicyclic) bond motifs is 1. The first-order chi connectivity index (χ1) is 14.3. The predicted molar refractivity (Wildman–Crippen MR) is 117 cm³/mol. The molecule has 3 aromatic rings. The van der Waals surface area contributed by atoms with Gasteiger partial charge in [0.2, 0.25) is 10.0 Å². The lowest BCUT2D eigenvalue weighted by Crippen LogP contribution is -2.37. The maximum Gasteiger partial charge on any atom is 0.291 e. The van der Waals surface area contributed by atoms with Crippen LogP contribution in [0.3, 0.4) is 0 Å². The third-order valence-corrected chi connectivity index (χ3v) is 7.70. The first-order valence-corrected chi connectivity index (χ1v) is 11.6. The van der Waals surface area contributed by atoms with Gasteiger partial charge in [0.1, 0.15) is 5.58 Å². The number of carbonyl (C=O) groups excluding carboxylic acids is 1. The number of hydrogen-bond donors (Lipinski definition) is 1. The van der Waals surface area contributed by atoms with Crippen LogP contribution >= 0.6 is 0 Å². The molecule has 0 unspecified atom stereocenters. The number of nitrogens with one attached hydrogen (secondary N) is 1. The van der Waals surface area contributed by atoms with Crippen molar-refractivity contribution in [3.8, 4) is 0 Å². The third kappa shape index (κ3) is 3.87. The Balaban J connectivity index is 1.51. The highest BCUT2D eigenvalue weighted by Gasteiger charge is 2.28. The van der Waals surface area contributed by atoms with Gasteiger partial charge in [0.05, 0.1) is 4.90 Å². The Kier molecular flexibility index (Phi) is 5.42. The van der Waals surface area contributed by atoms with E-state index in [0.29, 0.717) is 30.3 Å². The fraction of sp³-hybridized carbons (Fsp3) is 0.348. The zero-order chi connectivity index (χ0) is 21.5. The average Bonchev–Trinajstić information content (AvgIpc) is 3.05. The van der Waals surface area contributed by atoms with Gasteiger partial charge in [-0.2, -0.15) is 4.31 Å². The van der Waals surface area contributed by atoms with Crippen LogP contribution in [-0.4, -0.2) is 31.7 Å². The molecule has 1 fully saturated rings. The van der Waals surface area contributed by atoms with Gasteiger partial charge in [-0.25, -0.2) is 8.42 Å². The van der Waals surface area contributed by atoms with Gasteiger partial charge in [0.25, 0.3) is 5.91 Å². The van der Waals surface area contributed by atoms with Crippen LogP contribution in [0.15, 0.2) is 51.8 Å². The van der Waals surface area contributed by atoms with Crippen LogP contribution in [0.5, 0.6) is 0 Å². The van der Waals surface area contributed by atoms with Gasteiger partial charge in [0.15, 0.2) is 5.76 Å². The molecule has 1 aliphatic heterocycles. The summed E-state index contributed by atoms with van der Waals surface area (Å²) in [6.07, 6.45) is 1.76. The van der Waals surface area contributed by atoms with Gasteiger partial charge in [0, 0.05) is 29.7 Å². The standard InChI is InChI=1S/C23H26N2O4S/c1-15-10-12-25(13-11-15)30(27,28)19-7-5-18(6-8-19)24-23(26)22-17(3)20-14-16(2)4-9-21(20)29-22/h4-9,14-15H,10-13H2,1-3H3,(H,24,26). The van der Waals surface area contributed by atoms with Crippen molar-refractivity contribution in [1.82, 2.24) is 4.31 Å². The van der Waals surface area contributed by atoms with Crippen LogP contribution in [0.1, 0.15) is 41.4 Å². The third-order valence-electron chi connectivity index (χ3n) is 5.79. The van der Waals surface area contributed by atoms with Crippen LogP contribution in [0, 0.1) is 19.8 Å². The molecular weight excluding hydrogens is 400 g/mol. The highest BCUT2D eigenvalue weighted by atomic mass is 32.2. The summed E-state index contributed by atoms with van der Waals surface area (Å²) in [6, 6.07) is 12.1. The second kappa shape index (κ2) is 7.89. The Morgan fingerprint density at radius 2 is 1.73 bits per heavy atom. The van der Waals surface area contributed by atoms with Crippen molar-refractivity contribution in [2.45, 2.75) is 38.5 Å². The van der Waals surface area contributed by atoms with Crippen molar-refractivity contribution in [3.63, 3.8) is 0 Å². The maximum atomic E-state index is 12.8. The number of rotatable bonds is 4. The molecule has 2 heterocycles. The molecule has 0 spiro atoms. The number of amides is 1. The molecule has 158 valence electrons. The predicted octanol–water partition coefficient (Wildman–Crippen LogP) is 4.72. The summed E-state index contributed by atoms with van der Waals surface area (Å²) in [5.74, 6) is 0.455. The van der Waals surface area contributed by atoms with E-state index in [4.69, 9.17) is 4.42 Å². The first kappa shape index (κ1) is 20.6. The summed E-state index contributed by atoms with van der Waals surface area (Å²) >= 11 is 0. The topological polar surface area (TPSA) is 79.6 Å². The fourth-order valence-electron chi connectivity index (χ4n) is 3.82. The Bertz CT molecular complexity index is 1190. The van der Waals surface area contributed by atoms with E-state index in [1.165, 1.54) is 12.1 Å². The number of sulfonamides is 1. The lowest BCUT2D eigenvalue weighted by molar-refractivity contribution is 0.0998. The number of aryl methyl sites for hydroxylation is 2. The molecule has 0 saturated carbocycles. The number of piperidine rings is 1. The Hall–Kier alpha value is -2.64. The number of furan rings is 1.